The molecular formula is F12OV. The first-order valence-corrected chi connectivity index (χ1v) is 9.12. The Morgan fingerprint density at radius 1 is 0.429 bits per heavy atom. The Labute approximate surface area is 55.3 Å². The van der Waals surface area contributed by atoms with Crippen LogP contribution in [0.2, 0.25) is 0 Å². The molecule has 0 atom stereocenters. The molecule has 0 N–H and O–H groups in total. The molecule has 0 aromatic rings. The average molecular weight is 295 g/mol. The summed E-state index contributed by atoms with van der Waals surface area (Å²) in [7, 11) is -25.0. The fraction of sp³-hybridized carbons (Fsp3) is 0. The Hall–Kier alpha value is -0.456. The van der Waals surface area contributed by atoms with E-state index in [1.807, 2.05) is 0 Å². The van der Waals surface area contributed by atoms with Gasteiger partial charge < -0.3 is 0 Å². The second-order valence-electron chi connectivity index (χ2n) is 5.04. The zero-order chi connectivity index (χ0) is 13.3. The van der Waals surface area contributed by atoms with E-state index in [1.54, 1.807) is 0 Å². The van der Waals surface area contributed by atoms with Gasteiger partial charge in [0.1, 0.15) is 0 Å². The Morgan fingerprint density at radius 2 is 0.429 bits per heavy atom. The van der Waals surface area contributed by atoms with Gasteiger partial charge in [-0.05, 0) is 0 Å². The molecule has 1 nitrogen and oxygen atoms in total. The molecule has 0 saturated heterocycles. The van der Waals surface area contributed by atoms with E-state index in [4.69, 9.17) is 3.67 Å². The van der Waals surface area contributed by atoms with Gasteiger partial charge in [-0.1, -0.05) is 0 Å². The van der Waals surface area contributed by atoms with Crippen LogP contribution in [0.3, 0.4) is 0 Å². The molecule has 0 rings (SSSR count). The third-order valence-corrected chi connectivity index (χ3v) is 0. The molecule has 0 aliphatic rings. The van der Waals surface area contributed by atoms with Crippen LogP contribution in [-0.4, -0.2) is 0 Å². The Morgan fingerprint density at radius 3 is 0.429 bits per heavy atom. The monoisotopic (exact) mass is 295 g/mol. The summed E-state index contributed by atoms with van der Waals surface area (Å²) in [4.78, 5) is 0. The van der Waals surface area contributed by atoms with Crippen LogP contribution in [0.1, 0.15) is 0 Å². The summed E-state index contributed by atoms with van der Waals surface area (Å²) in [6.07, 6.45) is 0. The Kier molecular flexibility index (Phi) is 0.269. The summed E-state index contributed by atoms with van der Waals surface area (Å²) in [5, 5.41) is 0. The zero-order valence-corrected chi connectivity index (χ0v) is 6.79. The summed E-state index contributed by atoms with van der Waals surface area (Å²) in [5.74, 6) is 0. The molecule has 0 heterocycles. The molecule has 14 heteroatoms. The molecule has 0 spiro atoms. The molecule has 14 heavy (non-hydrogen) atoms. The number of hydrogen-bond donors (Lipinski definition) is 0. The van der Waals surface area contributed by atoms with Crippen LogP contribution >= 0.6 is 0 Å². The fourth-order valence-electron chi connectivity index (χ4n) is 0. The van der Waals surface area contributed by atoms with Crippen LogP contribution in [-0.2, 0) is 13.3 Å². The number of hydrogen-bond acceptors (Lipinski definition) is 1. The van der Waals surface area contributed by atoms with Gasteiger partial charge in [0.15, 0.2) is 0 Å². The first-order valence-electron chi connectivity index (χ1n) is 2.21. The van der Waals surface area contributed by atoms with Crippen molar-refractivity contribution in [3.8, 4) is 0 Å². The van der Waals surface area contributed by atoms with Crippen LogP contribution in [0.15, 0.2) is 0 Å². The van der Waals surface area contributed by atoms with E-state index in [2.05, 4.69) is 0 Å². The van der Waals surface area contributed by atoms with Gasteiger partial charge in [-0.2, -0.15) is 0 Å². The normalized spacial score (nSPS) is 51.0. The maximum atomic E-state index is 10.1. The van der Waals surface area contributed by atoms with Crippen LogP contribution in [0.25, 0.3) is 0 Å². The van der Waals surface area contributed by atoms with Gasteiger partial charge in [-0.25, -0.2) is 0 Å². The van der Waals surface area contributed by atoms with E-state index in [0.717, 1.165) is 0 Å². The predicted molar refractivity (Wildman–Crippen MR) is 14.0 cm³/mol. The third kappa shape index (κ3) is 6180. The van der Waals surface area contributed by atoms with Crippen molar-refractivity contribution in [2.24, 2.45) is 0 Å². The summed E-state index contributed by atoms with van der Waals surface area (Å²) in [6, 6.07) is 0. The van der Waals surface area contributed by atoms with Crippen molar-refractivity contribution in [3.63, 3.8) is 0 Å². The van der Waals surface area contributed by atoms with Crippen molar-refractivity contribution in [3.05, 3.63) is 0 Å². The van der Waals surface area contributed by atoms with Crippen LogP contribution in [0.5, 0.6) is 0 Å². The predicted octanol–water partition coefficient (Wildman–Crippen LogP) is 4.92. The molecule has 0 aliphatic carbocycles. The maximum absolute atomic E-state index is 25.0. The standard InChI is InChI=1S/12FH.O.V/h12*1H;;/q;;;;;;;;;;;;;+12/p-12. The van der Waals surface area contributed by atoms with Gasteiger partial charge in [-0.15, -0.1) is 0 Å². The van der Waals surface area contributed by atoms with Crippen LogP contribution < -0.4 is 0 Å². The Balaban J connectivity index is 9.77. The minimum atomic E-state index is -25.0. The van der Waals surface area contributed by atoms with Gasteiger partial charge in [0, 0.05) is 0 Å². The molecule has 0 fully saturated rings. The molecule has 0 aliphatic heterocycles. The molecule has 0 amide bonds. The molecule has 0 bridgehead atoms. The topological polar surface area (TPSA) is 17.1 Å². The molecule has 0 radical (unpaired) electrons. The Bertz CT molecular complexity index is 686. The third-order valence-electron chi connectivity index (χ3n) is 0. The van der Waals surface area contributed by atoms with E-state index in [9.17, 15) is 40.9 Å². The second kappa shape index (κ2) is 0.278. The van der Waals surface area contributed by atoms with Crippen molar-refractivity contribution in [1.29, 1.82) is 0 Å². The molecule has 0 unspecified atom stereocenters. The van der Waals surface area contributed by atoms with Crippen molar-refractivity contribution >= 4 is 0 Å². The number of rotatable bonds is 0. The number of halogens is 12. The van der Waals surface area contributed by atoms with Crippen LogP contribution in [0, 0.1) is 0 Å². The van der Waals surface area contributed by atoms with Gasteiger partial charge in [0.2, 0.25) is 0 Å². The summed E-state index contributed by atoms with van der Waals surface area (Å²) < 4.78 is 128. The molecule has 0 aromatic heterocycles. The van der Waals surface area contributed by atoms with Crippen molar-refractivity contribution in [2.75, 3.05) is 0 Å². The molecule has 95 valence electrons. The van der Waals surface area contributed by atoms with E-state index >= 15 is 0 Å². The van der Waals surface area contributed by atoms with E-state index in [0.29, 0.717) is 0 Å². The zero-order valence-electron chi connectivity index (χ0n) is 5.39. The summed E-state index contributed by atoms with van der Waals surface area (Å²) >= 11 is 0. The first kappa shape index (κ1) is 13.5. The van der Waals surface area contributed by atoms with Gasteiger partial charge in [0.05, 0.1) is 0 Å². The fourth-order valence-corrected chi connectivity index (χ4v) is 0. The van der Waals surface area contributed by atoms with E-state index < -0.39 is 9.58 Å². The van der Waals surface area contributed by atoms with E-state index in [-0.39, 0.29) is 0 Å². The summed E-state index contributed by atoms with van der Waals surface area (Å²) in [6.45, 7) is 0. The van der Waals surface area contributed by atoms with E-state index in [1.165, 1.54) is 0 Å². The van der Waals surface area contributed by atoms with Crippen molar-refractivity contribution in [1.82, 2.24) is 0 Å². The minimum absolute atomic E-state index is 7.37. The SMILES string of the molecule is [O]=[V]([F])([F])([F])([F])([F])([F])([F])([F])([F])([F])([F])[F]. The first-order chi connectivity index (χ1) is 3.61. The van der Waals surface area contributed by atoms with Gasteiger partial charge in [-0.3, -0.25) is 0 Å². The van der Waals surface area contributed by atoms with Crippen molar-refractivity contribution < 1.29 is 54.1 Å². The summed E-state index contributed by atoms with van der Waals surface area (Å²) in [5.41, 5.74) is 0. The van der Waals surface area contributed by atoms with Crippen molar-refractivity contribution in [2.45, 2.75) is 0 Å². The molecule has 0 aromatic carbocycles. The molecular weight excluding hydrogens is 295 g/mol. The van der Waals surface area contributed by atoms with Gasteiger partial charge >= 0.3 is 54.1 Å². The average Bonchev–Trinajstić information content (AvgIpc) is 0.371. The van der Waals surface area contributed by atoms with Gasteiger partial charge in [0.25, 0.3) is 0 Å². The molecule has 0 saturated carbocycles. The quantitative estimate of drug-likeness (QED) is 0.580. The second-order valence-corrected chi connectivity index (χ2v) is 20.8. The van der Waals surface area contributed by atoms with Crippen LogP contribution in [0.4, 0.5) is 40.9 Å².